The smallest absolute Gasteiger partial charge is 0.168 e. The molecule has 3 nitrogen and oxygen atoms in total. The van der Waals surface area contributed by atoms with Crippen molar-refractivity contribution < 1.29 is 13.7 Å². The van der Waals surface area contributed by atoms with Gasteiger partial charge in [0.15, 0.2) is 5.79 Å². The highest BCUT2D eigenvalue weighted by molar-refractivity contribution is 7.86. The Hall–Kier alpha value is -0.710. The quantitative estimate of drug-likeness (QED) is 0.842. The fraction of sp³-hybridized carbons (Fsp3) is 0.684. The summed E-state index contributed by atoms with van der Waals surface area (Å²) in [6.07, 6.45) is 3.73. The molecule has 1 spiro atoms. The first-order valence-electron chi connectivity index (χ1n) is 8.57. The first-order chi connectivity index (χ1) is 10.9. The van der Waals surface area contributed by atoms with Crippen LogP contribution in [0.4, 0.5) is 0 Å². The lowest BCUT2D eigenvalue weighted by atomic mass is 9.69. The van der Waals surface area contributed by atoms with Crippen LogP contribution in [0.15, 0.2) is 30.3 Å². The zero-order valence-corrected chi connectivity index (χ0v) is 15.3. The van der Waals surface area contributed by atoms with E-state index in [0.717, 1.165) is 31.4 Å². The Morgan fingerprint density at radius 1 is 1.00 bits per heavy atom. The van der Waals surface area contributed by atoms with Crippen molar-refractivity contribution in [3.05, 3.63) is 35.9 Å². The van der Waals surface area contributed by atoms with Crippen molar-refractivity contribution >= 4 is 10.8 Å². The Bertz CT molecular complexity index is 546. The largest absolute Gasteiger partial charge is 0.348 e. The molecule has 1 unspecified atom stereocenters. The number of hydrogen-bond acceptors (Lipinski definition) is 3. The second kappa shape index (κ2) is 6.30. The minimum atomic E-state index is -0.869. The van der Waals surface area contributed by atoms with E-state index in [0.29, 0.717) is 13.2 Å². The molecule has 0 amide bonds. The van der Waals surface area contributed by atoms with Gasteiger partial charge in [0.2, 0.25) is 0 Å². The molecule has 1 saturated carbocycles. The van der Waals surface area contributed by atoms with E-state index in [1.54, 1.807) is 0 Å². The molecule has 0 bridgehead atoms. The predicted molar refractivity (Wildman–Crippen MR) is 94.0 cm³/mol. The molecule has 1 atom stereocenters. The van der Waals surface area contributed by atoms with E-state index in [1.165, 1.54) is 5.56 Å². The second-order valence-electron chi connectivity index (χ2n) is 7.86. The third kappa shape index (κ3) is 3.54. The third-order valence-corrected chi connectivity index (χ3v) is 7.44. The van der Waals surface area contributed by atoms with Crippen molar-refractivity contribution in [1.82, 2.24) is 0 Å². The summed E-state index contributed by atoms with van der Waals surface area (Å²) in [5.74, 6) is 0.345. The zero-order chi connectivity index (χ0) is 16.6. The van der Waals surface area contributed by atoms with E-state index >= 15 is 0 Å². The molecule has 1 aliphatic heterocycles. The van der Waals surface area contributed by atoms with E-state index in [9.17, 15) is 4.21 Å². The summed E-state index contributed by atoms with van der Waals surface area (Å²) in [5, 5.41) is 0. The fourth-order valence-electron chi connectivity index (χ4n) is 3.67. The number of ether oxygens (including phenoxy) is 2. The lowest BCUT2D eigenvalue weighted by Crippen LogP contribution is -2.46. The monoisotopic (exact) mass is 336 g/mol. The van der Waals surface area contributed by atoms with Crippen molar-refractivity contribution in [3.63, 3.8) is 0 Å². The maximum absolute atomic E-state index is 12.9. The lowest BCUT2D eigenvalue weighted by Gasteiger charge is -2.44. The minimum Gasteiger partial charge on any atom is -0.348 e. The van der Waals surface area contributed by atoms with Gasteiger partial charge in [-0.25, -0.2) is 0 Å². The highest BCUT2D eigenvalue weighted by atomic mass is 32.2. The lowest BCUT2D eigenvalue weighted by molar-refractivity contribution is -0.184. The summed E-state index contributed by atoms with van der Waals surface area (Å²) < 4.78 is 24.5. The Kier molecular flexibility index (Phi) is 4.69. The minimum absolute atomic E-state index is 0.0278. The SMILES string of the molecule is CC(C)(C)S(=O)CC1(c2ccccc2)CCC2(CC1)OCCO2. The predicted octanol–water partition coefficient (Wildman–Crippen LogP) is 3.79. The molecular formula is C19H28O3S. The molecule has 128 valence electrons. The molecule has 4 heteroatoms. The number of benzene rings is 1. The van der Waals surface area contributed by atoms with Crippen LogP contribution in [0.1, 0.15) is 52.0 Å². The number of hydrogen-bond donors (Lipinski definition) is 0. The van der Waals surface area contributed by atoms with Gasteiger partial charge >= 0.3 is 0 Å². The third-order valence-electron chi connectivity index (χ3n) is 5.26. The molecule has 2 fully saturated rings. The van der Waals surface area contributed by atoms with E-state index in [1.807, 2.05) is 6.07 Å². The average molecular weight is 336 g/mol. The van der Waals surface area contributed by atoms with E-state index in [-0.39, 0.29) is 15.9 Å². The maximum atomic E-state index is 12.9. The summed E-state index contributed by atoms with van der Waals surface area (Å²) in [6, 6.07) is 10.6. The van der Waals surface area contributed by atoms with Gasteiger partial charge in [0.25, 0.3) is 0 Å². The number of rotatable bonds is 3. The van der Waals surface area contributed by atoms with Crippen LogP contribution < -0.4 is 0 Å². The van der Waals surface area contributed by atoms with Gasteiger partial charge in [0.05, 0.1) is 13.2 Å². The molecule has 23 heavy (non-hydrogen) atoms. The molecule has 0 N–H and O–H groups in total. The van der Waals surface area contributed by atoms with Crippen LogP contribution in [-0.2, 0) is 25.7 Å². The summed E-state index contributed by atoms with van der Waals surface area (Å²) in [7, 11) is -0.869. The summed E-state index contributed by atoms with van der Waals surface area (Å²) in [5.41, 5.74) is 1.28. The van der Waals surface area contributed by atoms with Crippen LogP contribution in [0.2, 0.25) is 0 Å². The van der Waals surface area contributed by atoms with Gasteiger partial charge in [-0.1, -0.05) is 30.3 Å². The van der Waals surface area contributed by atoms with Crippen molar-refractivity contribution in [2.24, 2.45) is 0 Å². The molecule has 1 aliphatic carbocycles. The summed E-state index contributed by atoms with van der Waals surface area (Å²) >= 11 is 0. The summed E-state index contributed by atoms with van der Waals surface area (Å²) in [4.78, 5) is 0. The van der Waals surface area contributed by atoms with E-state index < -0.39 is 10.8 Å². The van der Waals surface area contributed by atoms with Gasteiger partial charge in [-0.15, -0.1) is 0 Å². The zero-order valence-electron chi connectivity index (χ0n) is 14.5. The average Bonchev–Trinajstić information content (AvgIpc) is 2.98. The molecule has 2 aliphatic rings. The molecular weight excluding hydrogens is 308 g/mol. The molecule has 1 aromatic rings. The van der Waals surface area contributed by atoms with Gasteiger partial charge in [0.1, 0.15) is 0 Å². The normalized spacial score (nSPS) is 24.7. The first kappa shape index (κ1) is 17.1. The van der Waals surface area contributed by atoms with Crippen LogP contribution in [0.5, 0.6) is 0 Å². The highest BCUT2D eigenvalue weighted by Crippen LogP contribution is 2.47. The van der Waals surface area contributed by atoms with Gasteiger partial charge < -0.3 is 9.47 Å². The molecule has 1 saturated heterocycles. The van der Waals surface area contributed by atoms with E-state index in [4.69, 9.17) is 9.47 Å². The molecule has 0 aromatic heterocycles. The van der Waals surface area contributed by atoms with Gasteiger partial charge in [0, 0.05) is 39.6 Å². The van der Waals surface area contributed by atoms with E-state index in [2.05, 4.69) is 45.0 Å². The van der Waals surface area contributed by atoms with Crippen LogP contribution in [-0.4, -0.2) is 33.7 Å². The van der Waals surface area contributed by atoms with Crippen molar-refractivity contribution in [3.8, 4) is 0 Å². The molecule has 1 aromatic carbocycles. The van der Waals surface area contributed by atoms with Crippen LogP contribution in [0, 0.1) is 0 Å². The standard InChI is InChI=1S/C19H28O3S/c1-17(2,3)23(20)15-18(16-7-5-4-6-8-16)9-11-19(12-10-18)21-13-14-22-19/h4-8H,9-15H2,1-3H3. The van der Waals surface area contributed by atoms with Crippen LogP contribution >= 0.6 is 0 Å². The molecule has 0 radical (unpaired) electrons. The van der Waals surface area contributed by atoms with Crippen molar-refractivity contribution in [2.75, 3.05) is 19.0 Å². The Balaban J connectivity index is 1.85. The van der Waals surface area contributed by atoms with Crippen LogP contribution in [0.3, 0.4) is 0 Å². The van der Waals surface area contributed by atoms with Gasteiger partial charge in [-0.05, 0) is 39.2 Å². The van der Waals surface area contributed by atoms with Crippen LogP contribution in [0.25, 0.3) is 0 Å². The van der Waals surface area contributed by atoms with Crippen molar-refractivity contribution in [2.45, 2.75) is 62.4 Å². The molecule has 1 heterocycles. The van der Waals surface area contributed by atoms with Gasteiger partial charge in [-0.3, -0.25) is 4.21 Å². The first-order valence-corrected chi connectivity index (χ1v) is 9.89. The van der Waals surface area contributed by atoms with Crippen molar-refractivity contribution in [1.29, 1.82) is 0 Å². The molecule has 3 rings (SSSR count). The van der Waals surface area contributed by atoms with Gasteiger partial charge in [-0.2, -0.15) is 0 Å². The Labute approximate surface area is 142 Å². The Morgan fingerprint density at radius 3 is 2.09 bits per heavy atom. The highest BCUT2D eigenvalue weighted by Gasteiger charge is 2.48. The topological polar surface area (TPSA) is 35.5 Å². The fourth-order valence-corrected chi connectivity index (χ4v) is 5.06. The second-order valence-corrected chi connectivity index (χ2v) is 10.1. The Morgan fingerprint density at radius 2 is 1.57 bits per heavy atom. The summed E-state index contributed by atoms with van der Waals surface area (Å²) in [6.45, 7) is 7.60. The maximum Gasteiger partial charge on any atom is 0.168 e.